The number of nitriles is 1. The van der Waals surface area contributed by atoms with Gasteiger partial charge < -0.3 is 14.8 Å². The van der Waals surface area contributed by atoms with Gasteiger partial charge in [0.05, 0.1) is 31.2 Å². The van der Waals surface area contributed by atoms with Gasteiger partial charge in [0.25, 0.3) is 0 Å². The van der Waals surface area contributed by atoms with Crippen molar-refractivity contribution in [2.45, 2.75) is 11.4 Å². The van der Waals surface area contributed by atoms with Crippen LogP contribution < -0.4 is 14.8 Å². The quantitative estimate of drug-likeness (QED) is 0.255. The first-order valence-corrected chi connectivity index (χ1v) is 12.4. The van der Waals surface area contributed by atoms with E-state index in [0.29, 0.717) is 44.7 Å². The van der Waals surface area contributed by atoms with Crippen LogP contribution in [0.15, 0.2) is 83.9 Å². The maximum atomic E-state index is 13.9. The fourth-order valence-electron chi connectivity index (χ4n) is 3.82. The Labute approximate surface area is 219 Å². The molecule has 1 amide bonds. The minimum atomic E-state index is -0.496. The number of methoxy groups -OCH3 is 2. The zero-order valence-electron chi connectivity index (χ0n) is 20.3. The number of amides is 1. The van der Waals surface area contributed by atoms with E-state index < -0.39 is 5.82 Å². The fourth-order valence-corrected chi connectivity index (χ4v) is 4.76. The molecule has 186 valence electrons. The SMILES string of the molecule is COc1cccc(-c2cc(-c3ccccc3)nc(SCCC(=O)Nc3ccccc3F)c2C#N)c1OC. The average molecular weight is 514 g/mol. The van der Waals surface area contributed by atoms with Crippen LogP contribution in [-0.4, -0.2) is 30.9 Å². The van der Waals surface area contributed by atoms with Crippen LogP contribution >= 0.6 is 11.8 Å². The summed E-state index contributed by atoms with van der Waals surface area (Å²) in [5.41, 5.74) is 3.40. The zero-order chi connectivity index (χ0) is 26.2. The van der Waals surface area contributed by atoms with E-state index in [-0.39, 0.29) is 18.0 Å². The molecule has 0 radical (unpaired) electrons. The molecule has 0 aliphatic heterocycles. The van der Waals surface area contributed by atoms with Gasteiger partial charge in [0.1, 0.15) is 16.9 Å². The molecule has 1 N–H and O–H groups in total. The van der Waals surface area contributed by atoms with Gasteiger partial charge in [0.15, 0.2) is 11.5 Å². The van der Waals surface area contributed by atoms with Crippen LogP contribution in [0.5, 0.6) is 11.5 Å². The first kappa shape index (κ1) is 25.7. The molecule has 1 aromatic heterocycles. The third-order valence-corrected chi connectivity index (χ3v) is 6.55. The average Bonchev–Trinajstić information content (AvgIpc) is 2.93. The van der Waals surface area contributed by atoms with Crippen molar-refractivity contribution < 1.29 is 18.7 Å². The summed E-state index contributed by atoms with van der Waals surface area (Å²) in [6.45, 7) is 0. The number of hydrogen-bond acceptors (Lipinski definition) is 6. The molecule has 0 atom stereocenters. The molecule has 3 aromatic carbocycles. The molecule has 1 heterocycles. The topological polar surface area (TPSA) is 84.2 Å². The van der Waals surface area contributed by atoms with Crippen LogP contribution in [0.2, 0.25) is 0 Å². The summed E-state index contributed by atoms with van der Waals surface area (Å²) in [5.74, 6) is 0.567. The Morgan fingerprint density at radius 3 is 2.46 bits per heavy atom. The number of benzene rings is 3. The summed E-state index contributed by atoms with van der Waals surface area (Å²) in [6, 6.07) is 25.3. The van der Waals surface area contributed by atoms with Gasteiger partial charge in [-0.05, 0) is 24.3 Å². The van der Waals surface area contributed by atoms with Crippen LogP contribution in [0.4, 0.5) is 10.1 Å². The molecule has 6 nitrogen and oxygen atoms in total. The number of thioether (sulfide) groups is 1. The lowest BCUT2D eigenvalue weighted by atomic mass is 9.98. The van der Waals surface area contributed by atoms with E-state index in [1.165, 1.54) is 23.9 Å². The third kappa shape index (κ3) is 5.90. The maximum Gasteiger partial charge on any atom is 0.225 e. The molecule has 0 fully saturated rings. The highest BCUT2D eigenvalue weighted by Gasteiger charge is 2.20. The lowest BCUT2D eigenvalue weighted by molar-refractivity contribution is -0.115. The van der Waals surface area contributed by atoms with Crippen LogP contribution in [-0.2, 0) is 4.79 Å². The second kappa shape index (κ2) is 12.1. The highest BCUT2D eigenvalue weighted by Crippen LogP contribution is 2.42. The number of carbonyl (C=O) groups is 1. The number of anilines is 1. The molecule has 0 aliphatic carbocycles. The van der Waals surface area contributed by atoms with Crippen LogP contribution in [0.3, 0.4) is 0 Å². The summed E-state index contributed by atoms with van der Waals surface area (Å²) >= 11 is 1.30. The molecular weight excluding hydrogens is 489 g/mol. The molecule has 8 heteroatoms. The number of carbonyl (C=O) groups excluding carboxylic acids is 1. The summed E-state index contributed by atoms with van der Waals surface area (Å²) in [4.78, 5) is 17.2. The number of nitrogens with zero attached hydrogens (tertiary/aromatic N) is 2. The highest BCUT2D eigenvalue weighted by molar-refractivity contribution is 7.99. The normalized spacial score (nSPS) is 10.4. The lowest BCUT2D eigenvalue weighted by Crippen LogP contribution is -2.13. The molecular formula is C29H24FN3O3S. The van der Waals surface area contributed by atoms with E-state index >= 15 is 0 Å². The number of ether oxygens (including phenoxy) is 2. The van der Waals surface area contributed by atoms with Crippen molar-refractivity contribution in [3.05, 3.63) is 90.2 Å². The molecule has 0 saturated heterocycles. The number of para-hydroxylation sites is 2. The summed E-state index contributed by atoms with van der Waals surface area (Å²) < 4.78 is 25.0. The Balaban J connectivity index is 1.69. The monoisotopic (exact) mass is 513 g/mol. The predicted molar refractivity (Wildman–Crippen MR) is 143 cm³/mol. The van der Waals surface area contributed by atoms with Crippen molar-refractivity contribution in [1.82, 2.24) is 4.98 Å². The van der Waals surface area contributed by atoms with Crippen molar-refractivity contribution >= 4 is 23.4 Å². The highest BCUT2D eigenvalue weighted by atomic mass is 32.2. The minimum absolute atomic E-state index is 0.110. The van der Waals surface area contributed by atoms with Crippen molar-refractivity contribution in [1.29, 1.82) is 5.26 Å². The van der Waals surface area contributed by atoms with Gasteiger partial charge in [-0.2, -0.15) is 5.26 Å². The van der Waals surface area contributed by atoms with Crippen LogP contribution in [0.1, 0.15) is 12.0 Å². The molecule has 0 bridgehead atoms. The molecule has 0 spiro atoms. The Morgan fingerprint density at radius 1 is 1.00 bits per heavy atom. The van der Waals surface area contributed by atoms with Gasteiger partial charge in [0.2, 0.25) is 5.91 Å². The Bertz CT molecular complexity index is 1450. The van der Waals surface area contributed by atoms with Gasteiger partial charge in [-0.25, -0.2) is 9.37 Å². The second-order valence-corrected chi connectivity index (χ2v) is 8.96. The standard InChI is InChI=1S/C29H24FN3O3S/c1-35-26-14-8-11-20(28(26)36-2)21-17-25(19-9-4-3-5-10-19)33-29(22(21)18-31)37-16-15-27(34)32-24-13-7-6-12-23(24)30/h3-14,17H,15-16H2,1-2H3,(H,32,34). The van der Waals surface area contributed by atoms with Crippen molar-refractivity contribution in [2.75, 3.05) is 25.3 Å². The predicted octanol–water partition coefficient (Wildman–Crippen LogP) is 6.56. The van der Waals surface area contributed by atoms with Crippen LogP contribution in [0, 0.1) is 17.1 Å². The van der Waals surface area contributed by atoms with Gasteiger partial charge in [0, 0.05) is 28.9 Å². The largest absolute Gasteiger partial charge is 0.493 e. The first-order valence-electron chi connectivity index (χ1n) is 11.4. The van der Waals surface area contributed by atoms with E-state index in [9.17, 15) is 14.4 Å². The van der Waals surface area contributed by atoms with E-state index in [1.54, 1.807) is 32.4 Å². The number of aromatic nitrogens is 1. The van der Waals surface area contributed by atoms with E-state index in [1.807, 2.05) is 48.5 Å². The Kier molecular flexibility index (Phi) is 8.39. The van der Waals surface area contributed by atoms with E-state index in [0.717, 1.165) is 5.56 Å². The van der Waals surface area contributed by atoms with Gasteiger partial charge >= 0.3 is 0 Å². The number of halogens is 1. The van der Waals surface area contributed by atoms with E-state index in [2.05, 4.69) is 11.4 Å². The fraction of sp³-hybridized carbons (Fsp3) is 0.138. The van der Waals surface area contributed by atoms with Crippen LogP contribution in [0.25, 0.3) is 22.4 Å². The molecule has 0 aliphatic rings. The summed E-state index contributed by atoms with van der Waals surface area (Å²) in [5, 5.41) is 13.2. The summed E-state index contributed by atoms with van der Waals surface area (Å²) in [6.07, 6.45) is 0.110. The molecule has 0 unspecified atom stereocenters. The summed E-state index contributed by atoms with van der Waals surface area (Å²) in [7, 11) is 3.11. The molecule has 4 aromatic rings. The third-order valence-electron chi connectivity index (χ3n) is 5.58. The Hall–Kier alpha value is -4.35. The number of pyridine rings is 1. The second-order valence-electron chi connectivity index (χ2n) is 7.88. The molecule has 37 heavy (non-hydrogen) atoms. The zero-order valence-corrected chi connectivity index (χ0v) is 21.1. The smallest absolute Gasteiger partial charge is 0.225 e. The molecule has 0 saturated carbocycles. The van der Waals surface area contributed by atoms with Crippen molar-refractivity contribution in [3.63, 3.8) is 0 Å². The van der Waals surface area contributed by atoms with E-state index in [4.69, 9.17) is 14.5 Å². The minimum Gasteiger partial charge on any atom is -0.493 e. The number of rotatable bonds is 9. The van der Waals surface area contributed by atoms with Crippen molar-refractivity contribution in [2.24, 2.45) is 0 Å². The number of nitrogens with one attached hydrogen (secondary N) is 1. The van der Waals surface area contributed by atoms with Gasteiger partial charge in [-0.15, -0.1) is 11.8 Å². The van der Waals surface area contributed by atoms with Gasteiger partial charge in [-0.3, -0.25) is 4.79 Å². The number of hydrogen-bond donors (Lipinski definition) is 1. The van der Waals surface area contributed by atoms with Gasteiger partial charge in [-0.1, -0.05) is 54.6 Å². The lowest BCUT2D eigenvalue weighted by Gasteiger charge is -2.16. The van der Waals surface area contributed by atoms with Crippen molar-refractivity contribution in [3.8, 4) is 40.0 Å². The maximum absolute atomic E-state index is 13.9. The first-order chi connectivity index (χ1) is 18.0. The Morgan fingerprint density at radius 2 is 1.76 bits per heavy atom. The molecule has 4 rings (SSSR count).